The van der Waals surface area contributed by atoms with Crippen LogP contribution in [0.4, 0.5) is 0 Å². The zero-order chi connectivity index (χ0) is 14.1. The molecule has 1 aliphatic rings. The van der Waals surface area contributed by atoms with Crippen molar-refractivity contribution in [1.82, 2.24) is 10.3 Å². The number of amides is 1. The number of carbonyl (C=O) groups is 1. The highest BCUT2D eigenvalue weighted by Crippen LogP contribution is 2.30. The van der Waals surface area contributed by atoms with Crippen molar-refractivity contribution in [1.29, 1.82) is 0 Å². The van der Waals surface area contributed by atoms with Gasteiger partial charge >= 0.3 is 0 Å². The number of fused-ring (bicyclic) bond motifs is 3. The fourth-order valence-electron chi connectivity index (χ4n) is 3.13. The van der Waals surface area contributed by atoms with Crippen LogP contribution < -0.4 is 5.32 Å². The SMILES string of the molecule is CCCCC(=O)NC1Cc2[nH]c3ccc(C)cc3c2C1. The van der Waals surface area contributed by atoms with Crippen LogP contribution in [0.3, 0.4) is 0 Å². The third-order valence-electron chi connectivity index (χ3n) is 4.17. The summed E-state index contributed by atoms with van der Waals surface area (Å²) in [6.45, 7) is 4.24. The zero-order valence-electron chi connectivity index (χ0n) is 12.3. The van der Waals surface area contributed by atoms with Crippen LogP contribution in [0.15, 0.2) is 18.2 Å². The van der Waals surface area contributed by atoms with Crippen LogP contribution in [0, 0.1) is 6.92 Å². The molecule has 0 aliphatic heterocycles. The van der Waals surface area contributed by atoms with Gasteiger partial charge in [0.2, 0.25) is 5.91 Å². The molecule has 2 aromatic rings. The van der Waals surface area contributed by atoms with Gasteiger partial charge in [0.25, 0.3) is 0 Å². The molecule has 0 bridgehead atoms. The van der Waals surface area contributed by atoms with Gasteiger partial charge in [-0.3, -0.25) is 4.79 Å². The first-order valence-corrected chi connectivity index (χ1v) is 7.57. The second-order valence-electron chi connectivity index (χ2n) is 5.91. The van der Waals surface area contributed by atoms with Gasteiger partial charge < -0.3 is 10.3 Å². The van der Waals surface area contributed by atoms with Crippen LogP contribution >= 0.6 is 0 Å². The summed E-state index contributed by atoms with van der Waals surface area (Å²) >= 11 is 0. The van der Waals surface area contributed by atoms with E-state index < -0.39 is 0 Å². The standard InChI is InChI=1S/C17H22N2O/c1-3-4-5-17(20)18-12-9-14-13-8-11(2)6-7-15(13)19-16(14)10-12/h6-8,12,19H,3-5,9-10H2,1-2H3,(H,18,20). The van der Waals surface area contributed by atoms with Crippen LogP contribution in [-0.4, -0.2) is 16.9 Å². The summed E-state index contributed by atoms with van der Waals surface area (Å²) in [5.74, 6) is 0.197. The Morgan fingerprint density at radius 1 is 1.40 bits per heavy atom. The molecular weight excluding hydrogens is 248 g/mol. The summed E-state index contributed by atoms with van der Waals surface area (Å²) in [6, 6.07) is 6.80. The van der Waals surface area contributed by atoms with Crippen molar-refractivity contribution < 1.29 is 4.79 Å². The number of nitrogens with one attached hydrogen (secondary N) is 2. The van der Waals surface area contributed by atoms with E-state index in [1.165, 1.54) is 27.7 Å². The Balaban J connectivity index is 1.73. The molecule has 1 heterocycles. The van der Waals surface area contributed by atoms with E-state index in [1.807, 2.05) is 0 Å². The predicted molar refractivity (Wildman–Crippen MR) is 81.9 cm³/mol. The van der Waals surface area contributed by atoms with Gasteiger partial charge in [-0.2, -0.15) is 0 Å². The van der Waals surface area contributed by atoms with E-state index >= 15 is 0 Å². The maximum absolute atomic E-state index is 11.8. The van der Waals surface area contributed by atoms with Crippen molar-refractivity contribution in [3.05, 3.63) is 35.0 Å². The van der Waals surface area contributed by atoms with E-state index in [-0.39, 0.29) is 11.9 Å². The summed E-state index contributed by atoms with van der Waals surface area (Å²) in [5, 5.41) is 4.49. The fourth-order valence-corrected chi connectivity index (χ4v) is 3.13. The molecular formula is C17H22N2O. The third kappa shape index (κ3) is 2.45. The van der Waals surface area contributed by atoms with Crippen molar-refractivity contribution in [2.75, 3.05) is 0 Å². The zero-order valence-corrected chi connectivity index (χ0v) is 12.3. The first-order valence-electron chi connectivity index (χ1n) is 7.57. The monoisotopic (exact) mass is 270 g/mol. The van der Waals surface area contributed by atoms with Crippen LogP contribution in [0.5, 0.6) is 0 Å². The number of rotatable bonds is 4. The Morgan fingerprint density at radius 2 is 2.25 bits per heavy atom. The summed E-state index contributed by atoms with van der Waals surface area (Å²) in [7, 11) is 0. The van der Waals surface area contributed by atoms with Crippen LogP contribution in [0.25, 0.3) is 10.9 Å². The van der Waals surface area contributed by atoms with Gasteiger partial charge in [0, 0.05) is 35.5 Å². The van der Waals surface area contributed by atoms with Gasteiger partial charge in [-0.05, 0) is 37.5 Å². The molecule has 0 fully saturated rings. The molecule has 3 heteroatoms. The maximum Gasteiger partial charge on any atom is 0.220 e. The third-order valence-corrected chi connectivity index (χ3v) is 4.17. The molecule has 3 rings (SSSR count). The molecule has 106 valence electrons. The number of aryl methyl sites for hydroxylation is 1. The van der Waals surface area contributed by atoms with Gasteiger partial charge in [0.1, 0.15) is 0 Å². The first-order chi connectivity index (χ1) is 9.67. The van der Waals surface area contributed by atoms with E-state index in [0.29, 0.717) is 6.42 Å². The number of carbonyl (C=O) groups excluding carboxylic acids is 1. The second-order valence-corrected chi connectivity index (χ2v) is 5.91. The smallest absolute Gasteiger partial charge is 0.220 e. The topological polar surface area (TPSA) is 44.9 Å². The summed E-state index contributed by atoms with van der Waals surface area (Å²) in [6.07, 6.45) is 4.59. The molecule has 20 heavy (non-hydrogen) atoms. The Bertz CT molecular complexity index is 642. The number of hydrogen-bond acceptors (Lipinski definition) is 1. The quantitative estimate of drug-likeness (QED) is 0.880. The summed E-state index contributed by atoms with van der Waals surface area (Å²) < 4.78 is 0. The fraction of sp³-hybridized carbons (Fsp3) is 0.471. The minimum Gasteiger partial charge on any atom is -0.358 e. The molecule has 2 N–H and O–H groups in total. The number of H-pyrrole nitrogens is 1. The number of aromatic nitrogens is 1. The highest BCUT2D eigenvalue weighted by molar-refractivity contribution is 5.86. The van der Waals surface area contributed by atoms with Gasteiger partial charge in [0.15, 0.2) is 0 Å². The Hall–Kier alpha value is -1.77. The lowest BCUT2D eigenvalue weighted by Gasteiger charge is -2.12. The lowest BCUT2D eigenvalue weighted by Crippen LogP contribution is -2.35. The molecule has 0 spiro atoms. The minimum absolute atomic E-state index is 0.197. The van der Waals surface area contributed by atoms with E-state index in [2.05, 4.69) is 42.3 Å². The highest BCUT2D eigenvalue weighted by Gasteiger charge is 2.26. The van der Waals surface area contributed by atoms with Crippen LogP contribution in [0.2, 0.25) is 0 Å². The molecule has 1 unspecified atom stereocenters. The van der Waals surface area contributed by atoms with Gasteiger partial charge in [0.05, 0.1) is 0 Å². The Labute approximate surface area is 119 Å². The molecule has 0 radical (unpaired) electrons. The number of aromatic amines is 1. The van der Waals surface area contributed by atoms with Crippen molar-refractivity contribution in [3.63, 3.8) is 0 Å². The number of unbranched alkanes of at least 4 members (excludes halogenated alkanes) is 1. The van der Waals surface area contributed by atoms with Gasteiger partial charge in [-0.15, -0.1) is 0 Å². The maximum atomic E-state index is 11.8. The van der Waals surface area contributed by atoms with Crippen molar-refractivity contribution >= 4 is 16.8 Å². The van der Waals surface area contributed by atoms with Gasteiger partial charge in [-0.25, -0.2) is 0 Å². The van der Waals surface area contributed by atoms with Gasteiger partial charge in [-0.1, -0.05) is 25.0 Å². The molecule has 1 aromatic heterocycles. The lowest BCUT2D eigenvalue weighted by atomic mass is 10.1. The Kier molecular flexibility index (Phi) is 3.51. The first kappa shape index (κ1) is 13.2. The molecule has 1 amide bonds. The molecule has 1 aliphatic carbocycles. The molecule has 0 saturated carbocycles. The van der Waals surface area contributed by atoms with Crippen LogP contribution in [0.1, 0.15) is 43.0 Å². The molecule has 3 nitrogen and oxygen atoms in total. The molecule has 1 aromatic carbocycles. The lowest BCUT2D eigenvalue weighted by molar-refractivity contribution is -0.121. The van der Waals surface area contributed by atoms with Crippen molar-refractivity contribution in [2.45, 2.75) is 52.0 Å². The minimum atomic E-state index is 0.197. The summed E-state index contributed by atoms with van der Waals surface area (Å²) in [5.41, 5.74) is 5.20. The van der Waals surface area contributed by atoms with E-state index in [1.54, 1.807) is 0 Å². The number of hydrogen-bond donors (Lipinski definition) is 2. The largest absolute Gasteiger partial charge is 0.358 e. The van der Waals surface area contributed by atoms with Crippen molar-refractivity contribution in [2.24, 2.45) is 0 Å². The predicted octanol–water partition coefficient (Wildman–Crippen LogP) is 3.25. The second kappa shape index (κ2) is 5.31. The number of benzene rings is 1. The van der Waals surface area contributed by atoms with E-state index in [9.17, 15) is 4.79 Å². The van der Waals surface area contributed by atoms with Crippen molar-refractivity contribution in [3.8, 4) is 0 Å². The Morgan fingerprint density at radius 3 is 3.05 bits per heavy atom. The molecule has 1 atom stereocenters. The van der Waals surface area contributed by atoms with E-state index in [0.717, 1.165) is 25.7 Å². The van der Waals surface area contributed by atoms with Crippen LogP contribution in [-0.2, 0) is 17.6 Å². The highest BCUT2D eigenvalue weighted by atomic mass is 16.1. The average molecular weight is 270 g/mol. The summed E-state index contributed by atoms with van der Waals surface area (Å²) in [4.78, 5) is 15.3. The molecule has 0 saturated heterocycles. The normalized spacial score (nSPS) is 17.4. The van der Waals surface area contributed by atoms with E-state index in [4.69, 9.17) is 0 Å². The average Bonchev–Trinajstić information content (AvgIpc) is 2.94.